The van der Waals surface area contributed by atoms with Crippen molar-refractivity contribution in [3.8, 4) is 11.4 Å². The van der Waals surface area contributed by atoms with Crippen LogP contribution in [0.15, 0.2) is 47.4 Å². The van der Waals surface area contributed by atoms with Gasteiger partial charge in [0.15, 0.2) is 5.82 Å². The van der Waals surface area contributed by atoms with Gasteiger partial charge in [-0.1, -0.05) is 29.8 Å². The number of aromatic nitrogens is 2. The maximum atomic E-state index is 13.2. The van der Waals surface area contributed by atoms with E-state index in [0.29, 0.717) is 16.7 Å². The Morgan fingerprint density at radius 3 is 2.70 bits per heavy atom. The van der Waals surface area contributed by atoms with E-state index in [0.717, 1.165) is 10.5 Å². The summed E-state index contributed by atoms with van der Waals surface area (Å²) in [6.45, 7) is 0. The van der Waals surface area contributed by atoms with Gasteiger partial charge in [0, 0.05) is 15.8 Å². The van der Waals surface area contributed by atoms with E-state index in [1.807, 2.05) is 30.5 Å². The Kier molecular flexibility index (Phi) is 3.59. The van der Waals surface area contributed by atoms with Crippen molar-refractivity contribution in [2.24, 2.45) is 0 Å². The fourth-order valence-corrected chi connectivity index (χ4v) is 2.84. The van der Waals surface area contributed by atoms with Gasteiger partial charge in [-0.2, -0.15) is 0 Å². The van der Waals surface area contributed by atoms with Gasteiger partial charge >= 0.3 is 0 Å². The fraction of sp³-hybridized carbons (Fsp3) is 0.0667. The fourth-order valence-electron chi connectivity index (χ4n) is 2.01. The second-order valence-corrected chi connectivity index (χ2v) is 5.41. The molecule has 2 aromatic carbocycles. The molecule has 3 aromatic rings. The molecule has 0 spiro atoms. The normalized spacial score (nSPS) is 10.9. The lowest BCUT2D eigenvalue weighted by Gasteiger charge is -2.08. The van der Waals surface area contributed by atoms with E-state index in [9.17, 15) is 4.39 Å². The molecule has 0 bridgehead atoms. The van der Waals surface area contributed by atoms with Crippen LogP contribution in [-0.4, -0.2) is 16.2 Å². The molecular formula is C15H10ClFN2S. The van der Waals surface area contributed by atoms with Crippen LogP contribution in [0.2, 0.25) is 5.15 Å². The third kappa shape index (κ3) is 2.37. The van der Waals surface area contributed by atoms with E-state index in [-0.39, 0.29) is 11.0 Å². The van der Waals surface area contributed by atoms with Crippen molar-refractivity contribution < 1.29 is 4.39 Å². The first-order valence-electron chi connectivity index (χ1n) is 5.95. The molecule has 0 radical (unpaired) electrons. The van der Waals surface area contributed by atoms with E-state index in [4.69, 9.17) is 11.6 Å². The molecular weight excluding hydrogens is 295 g/mol. The molecule has 1 aromatic heterocycles. The highest BCUT2D eigenvalue weighted by molar-refractivity contribution is 7.98. The Morgan fingerprint density at radius 1 is 1.10 bits per heavy atom. The van der Waals surface area contributed by atoms with Crippen molar-refractivity contribution in [1.29, 1.82) is 0 Å². The Morgan fingerprint density at radius 2 is 1.90 bits per heavy atom. The molecule has 0 aliphatic rings. The van der Waals surface area contributed by atoms with E-state index >= 15 is 0 Å². The van der Waals surface area contributed by atoms with E-state index < -0.39 is 0 Å². The van der Waals surface area contributed by atoms with Gasteiger partial charge in [0.05, 0.1) is 5.52 Å². The summed E-state index contributed by atoms with van der Waals surface area (Å²) in [7, 11) is 0. The lowest BCUT2D eigenvalue weighted by Crippen LogP contribution is -1.93. The highest BCUT2D eigenvalue weighted by atomic mass is 35.5. The number of rotatable bonds is 2. The number of thioether (sulfide) groups is 1. The molecule has 0 atom stereocenters. The van der Waals surface area contributed by atoms with Crippen molar-refractivity contribution in [2.45, 2.75) is 4.90 Å². The van der Waals surface area contributed by atoms with Crippen molar-refractivity contribution in [3.05, 3.63) is 53.4 Å². The molecule has 1 heterocycles. The van der Waals surface area contributed by atoms with Gasteiger partial charge < -0.3 is 0 Å². The summed E-state index contributed by atoms with van der Waals surface area (Å²) in [6.07, 6.45) is 2.00. The topological polar surface area (TPSA) is 25.8 Å². The summed E-state index contributed by atoms with van der Waals surface area (Å²) in [5, 5.41) is 0.789. The van der Waals surface area contributed by atoms with Gasteiger partial charge in [0.2, 0.25) is 0 Å². The Labute approximate surface area is 125 Å². The quantitative estimate of drug-likeness (QED) is 0.502. The van der Waals surface area contributed by atoms with Crippen LogP contribution >= 0.6 is 23.4 Å². The molecule has 2 nitrogen and oxygen atoms in total. The highest BCUT2D eigenvalue weighted by Crippen LogP contribution is 2.30. The number of hydrogen-bond donors (Lipinski definition) is 0. The summed E-state index contributed by atoms with van der Waals surface area (Å²) in [5.74, 6) is 0.208. The maximum absolute atomic E-state index is 13.2. The molecule has 0 aliphatic heterocycles. The third-order valence-corrected chi connectivity index (χ3v) is 4.04. The number of nitrogens with zero attached hydrogens (tertiary/aromatic N) is 2. The van der Waals surface area contributed by atoms with Gasteiger partial charge in [0.25, 0.3) is 0 Å². The average Bonchev–Trinajstić information content (AvgIpc) is 2.47. The molecule has 3 rings (SSSR count). The monoisotopic (exact) mass is 304 g/mol. The van der Waals surface area contributed by atoms with Gasteiger partial charge in [-0.3, -0.25) is 0 Å². The molecule has 0 saturated heterocycles. The SMILES string of the molecule is CSc1ccccc1-c1nc(Cl)c2cc(F)ccc2n1. The molecule has 0 saturated carbocycles. The number of fused-ring (bicyclic) bond motifs is 1. The minimum atomic E-state index is -0.347. The largest absolute Gasteiger partial charge is 0.228 e. The average molecular weight is 305 g/mol. The second kappa shape index (κ2) is 5.38. The number of benzene rings is 2. The van der Waals surface area contributed by atoms with Gasteiger partial charge in [-0.05, 0) is 30.5 Å². The van der Waals surface area contributed by atoms with Crippen LogP contribution in [0.4, 0.5) is 4.39 Å². The lowest BCUT2D eigenvalue weighted by atomic mass is 10.2. The summed E-state index contributed by atoms with van der Waals surface area (Å²) in [6, 6.07) is 12.2. The van der Waals surface area contributed by atoms with Gasteiger partial charge in [-0.15, -0.1) is 11.8 Å². The van der Waals surface area contributed by atoms with Crippen LogP contribution in [0.3, 0.4) is 0 Å². The maximum Gasteiger partial charge on any atom is 0.162 e. The molecule has 0 unspecified atom stereocenters. The summed E-state index contributed by atoms with van der Waals surface area (Å²) in [4.78, 5) is 9.85. The molecule has 20 heavy (non-hydrogen) atoms. The summed E-state index contributed by atoms with van der Waals surface area (Å²) < 4.78 is 13.2. The smallest absolute Gasteiger partial charge is 0.162 e. The van der Waals surface area contributed by atoms with Crippen molar-refractivity contribution in [1.82, 2.24) is 9.97 Å². The Balaban J connectivity index is 2.25. The zero-order valence-electron chi connectivity index (χ0n) is 10.6. The summed E-state index contributed by atoms with van der Waals surface area (Å²) in [5.41, 5.74) is 1.56. The summed E-state index contributed by atoms with van der Waals surface area (Å²) >= 11 is 7.78. The molecule has 0 aliphatic carbocycles. The van der Waals surface area contributed by atoms with Crippen LogP contribution in [0, 0.1) is 5.82 Å². The van der Waals surface area contributed by atoms with Crippen LogP contribution in [0.1, 0.15) is 0 Å². The predicted molar refractivity (Wildman–Crippen MR) is 81.7 cm³/mol. The zero-order valence-corrected chi connectivity index (χ0v) is 12.2. The van der Waals surface area contributed by atoms with Gasteiger partial charge in [-0.25, -0.2) is 14.4 Å². The van der Waals surface area contributed by atoms with E-state index in [1.165, 1.54) is 12.1 Å². The van der Waals surface area contributed by atoms with Crippen LogP contribution in [0.25, 0.3) is 22.3 Å². The third-order valence-electron chi connectivity index (χ3n) is 2.96. The van der Waals surface area contributed by atoms with Crippen LogP contribution in [-0.2, 0) is 0 Å². The Hall–Kier alpha value is -1.65. The van der Waals surface area contributed by atoms with Crippen LogP contribution in [0.5, 0.6) is 0 Å². The molecule has 0 amide bonds. The highest BCUT2D eigenvalue weighted by Gasteiger charge is 2.11. The standard InChI is InChI=1S/C15H10ClFN2S/c1-20-13-5-3-2-4-10(13)15-18-12-7-6-9(17)8-11(12)14(16)19-15/h2-8H,1H3. The van der Waals surface area contributed by atoms with Crippen molar-refractivity contribution in [2.75, 3.05) is 6.26 Å². The second-order valence-electron chi connectivity index (χ2n) is 4.20. The minimum absolute atomic E-state index is 0.264. The molecule has 100 valence electrons. The van der Waals surface area contributed by atoms with Gasteiger partial charge in [0.1, 0.15) is 11.0 Å². The van der Waals surface area contributed by atoms with Crippen molar-refractivity contribution >= 4 is 34.3 Å². The van der Waals surface area contributed by atoms with Crippen molar-refractivity contribution in [3.63, 3.8) is 0 Å². The van der Waals surface area contributed by atoms with E-state index in [1.54, 1.807) is 17.8 Å². The minimum Gasteiger partial charge on any atom is -0.228 e. The first kappa shape index (κ1) is 13.3. The Bertz CT molecular complexity index is 792. The number of halogens is 2. The lowest BCUT2D eigenvalue weighted by molar-refractivity contribution is 0.629. The predicted octanol–water partition coefficient (Wildman–Crippen LogP) is 4.81. The molecule has 0 N–H and O–H groups in total. The first-order chi connectivity index (χ1) is 9.69. The van der Waals surface area contributed by atoms with E-state index in [2.05, 4.69) is 9.97 Å². The first-order valence-corrected chi connectivity index (χ1v) is 7.55. The molecule has 0 fully saturated rings. The number of hydrogen-bond acceptors (Lipinski definition) is 3. The van der Waals surface area contributed by atoms with Crippen LogP contribution < -0.4 is 0 Å². The zero-order chi connectivity index (χ0) is 14.1. The molecule has 5 heteroatoms.